The molecule has 0 bridgehead atoms. The number of benzene rings is 1. The summed E-state index contributed by atoms with van der Waals surface area (Å²) in [6.45, 7) is 0. The quantitative estimate of drug-likeness (QED) is 0.546. The summed E-state index contributed by atoms with van der Waals surface area (Å²) in [7, 11) is 0. The highest BCUT2D eigenvalue weighted by Gasteiger charge is 2.21. The maximum absolute atomic E-state index is 12.0. The number of carbonyl (C=O) groups is 3. The fraction of sp³-hybridized carbons (Fsp3) is 0.308. The number of hydrogen-bond acceptors (Lipinski definition) is 4. The van der Waals surface area contributed by atoms with E-state index in [0.29, 0.717) is 10.2 Å². The number of halogens is 1. The van der Waals surface area contributed by atoms with Gasteiger partial charge >= 0.3 is 11.9 Å². The summed E-state index contributed by atoms with van der Waals surface area (Å²) in [6.07, 6.45) is 0.0549. The van der Waals surface area contributed by atoms with Crippen LogP contribution in [0.15, 0.2) is 22.7 Å². The fourth-order valence-corrected chi connectivity index (χ4v) is 1.89. The number of aliphatic carboxylic acids is 2. The second kappa shape index (κ2) is 7.63. The van der Waals surface area contributed by atoms with Crippen molar-refractivity contribution in [2.24, 2.45) is 0 Å². The van der Waals surface area contributed by atoms with Gasteiger partial charge < -0.3 is 21.3 Å². The number of rotatable bonds is 7. The van der Waals surface area contributed by atoms with Crippen LogP contribution in [0.5, 0.6) is 0 Å². The van der Waals surface area contributed by atoms with Gasteiger partial charge in [-0.25, -0.2) is 4.79 Å². The molecule has 0 aromatic heterocycles. The van der Waals surface area contributed by atoms with Gasteiger partial charge in [0.1, 0.15) is 6.04 Å². The predicted octanol–water partition coefficient (Wildman–Crippen LogP) is 1.47. The largest absolute Gasteiger partial charge is 0.481 e. The van der Waals surface area contributed by atoms with Crippen LogP contribution >= 0.6 is 15.9 Å². The van der Waals surface area contributed by atoms with Crippen LogP contribution in [0, 0.1) is 0 Å². The second-order valence-corrected chi connectivity index (χ2v) is 5.24. The van der Waals surface area contributed by atoms with E-state index in [0.717, 1.165) is 0 Å². The maximum Gasteiger partial charge on any atom is 0.326 e. The molecule has 0 aliphatic carbocycles. The summed E-state index contributed by atoms with van der Waals surface area (Å²) in [5, 5.41) is 19.9. The highest BCUT2D eigenvalue weighted by Crippen LogP contribution is 2.20. The van der Waals surface area contributed by atoms with Gasteiger partial charge in [-0.2, -0.15) is 0 Å². The lowest BCUT2D eigenvalue weighted by molar-refractivity contribution is -0.140. The van der Waals surface area contributed by atoms with E-state index in [2.05, 4.69) is 21.2 Å². The molecular weight excluding hydrogens is 344 g/mol. The van der Waals surface area contributed by atoms with Crippen LogP contribution in [0.1, 0.15) is 29.6 Å². The number of nitrogens with one attached hydrogen (secondary N) is 1. The summed E-state index contributed by atoms with van der Waals surface area (Å²) in [5.74, 6) is -2.79. The minimum atomic E-state index is -1.21. The van der Waals surface area contributed by atoms with E-state index in [4.69, 9.17) is 15.9 Å². The van der Waals surface area contributed by atoms with Gasteiger partial charge in [-0.1, -0.05) is 0 Å². The number of carboxylic acids is 2. The SMILES string of the molecule is Nc1cc(C(=O)N[C@H](CCCC(=O)O)C(=O)O)ccc1Br. The molecule has 5 N–H and O–H groups in total. The Labute approximate surface area is 129 Å². The fourth-order valence-electron chi connectivity index (χ4n) is 1.64. The van der Waals surface area contributed by atoms with E-state index >= 15 is 0 Å². The van der Waals surface area contributed by atoms with Crippen molar-refractivity contribution < 1.29 is 24.6 Å². The zero-order valence-electron chi connectivity index (χ0n) is 11.0. The van der Waals surface area contributed by atoms with Crippen molar-refractivity contribution in [2.45, 2.75) is 25.3 Å². The first-order valence-electron chi connectivity index (χ1n) is 6.11. The zero-order chi connectivity index (χ0) is 16.0. The average molecular weight is 359 g/mol. The van der Waals surface area contributed by atoms with Gasteiger partial charge in [0.15, 0.2) is 0 Å². The molecule has 1 aromatic carbocycles. The van der Waals surface area contributed by atoms with Gasteiger partial charge in [-0.05, 0) is 47.0 Å². The number of anilines is 1. The zero-order valence-corrected chi connectivity index (χ0v) is 12.6. The van der Waals surface area contributed by atoms with Crippen LogP contribution in [0.4, 0.5) is 5.69 Å². The van der Waals surface area contributed by atoms with E-state index in [9.17, 15) is 14.4 Å². The first-order valence-corrected chi connectivity index (χ1v) is 6.91. The Morgan fingerprint density at radius 2 is 1.95 bits per heavy atom. The molecule has 0 heterocycles. The summed E-state index contributed by atoms with van der Waals surface area (Å²) in [4.78, 5) is 33.4. The molecule has 8 heteroatoms. The van der Waals surface area contributed by atoms with Crippen LogP contribution in [-0.4, -0.2) is 34.1 Å². The Morgan fingerprint density at radius 1 is 1.29 bits per heavy atom. The van der Waals surface area contributed by atoms with Gasteiger partial charge in [0, 0.05) is 22.1 Å². The third-order valence-electron chi connectivity index (χ3n) is 2.75. The van der Waals surface area contributed by atoms with Crippen LogP contribution in [0.3, 0.4) is 0 Å². The van der Waals surface area contributed by atoms with E-state index < -0.39 is 23.9 Å². The lowest BCUT2D eigenvalue weighted by Crippen LogP contribution is -2.40. The van der Waals surface area contributed by atoms with Gasteiger partial charge in [0.2, 0.25) is 0 Å². The standard InChI is InChI=1S/C13H15BrN2O5/c14-8-5-4-7(6-9(8)15)12(19)16-10(13(20)21)2-1-3-11(17)18/h4-6,10H,1-3,15H2,(H,16,19)(H,17,18)(H,20,21)/t10-/m1/s1. The molecule has 7 nitrogen and oxygen atoms in total. The van der Waals surface area contributed by atoms with Crippen molar-refractivity contribution >= 4 is 39.5 Å². The summed E-state index contributed by atoms with van der Waals surface area (Å²) in [5.41, 5.74) is 6.25. The first-order chi connectivity index (χ1) is 9.81. The summed E-state index contributed by atoms with van der Waals surface area (Å²) < 4.78 is 0.635. The van der Waals surface area contributed by atoms with Crippen molar-refractivity contribution in [3.05, 3.63) is 28.2 Å². The molecule has 0 saturated heterocycles. The van der Waals surface area contributed by atoms with Gasteiger partial charge in [-0.15, -0.1) is 0 Å². The molecule has 114 valence electrons. The van der Waals surface area contributed by atoms with Gasteiger partial charge in [0.25, 0.3) is 5.91 Å². The Kier molecular flexibility index (Phi) is 6.16. The normalized spacial score (nSPS) is 11.7. The number of nitrogen functional groups attached to an aromatic ring is 1. The molecule has 1 amide bonds. The molecule has 0 radical (unpaired) electrons. The lowest BCUT2D eigenvalue weighted by atomic mass is 10.1. The smallest absolute Gasteiger partial charge is 0.326 e. The number of carboxylic acid groups (broad SMARTS) is 2. The van der Waals surface area contributed by atoms with Gasteiger partial charge in [-0.3, -0.25) is 9.59 Å². The summed E-state index contributed by atoms with van der Waals surface area (Å²) >= 11 is 3.19. The molecule has 0 aliphatic rings. The minimum absolute atomic E-state index is 0.0411. The molecule has 0 spiro atoms. The van der Waals surface area contributed by atoms with Crippen LogP contribution in [0.2, 0.25) is 0 Å². The Bertz CT molecular complexity index is 561. The summed E-state index contributed by atoms with van der Waals surface area (Å²) in [6, 6.07) is 3.38. The first kappa shape index (κ1) is 17.0. The highest BCUT2D eigenvalue weighted by molar-refractivity contribution is 9.10. The van der Waals surface area contributed by atoms with Gasteiger partial charge in [0.05, 0.1) is 0 Å². The van der Waals surface area contributed by atoms with Crippen molar-refractivity contribution in [2.75, 3.05) is 5.73 Å². The molecule has 1 aromatic rings. The van der Waals surface area contributed by atoms with E-state index in [1.54, 1.807) is 6.07 Å². The minimum Gasteiger partial charge on any atom is -0.481 e. The third-order valence-corrected chi connectivity index (χ3v) is 3.47. The molecule has 21 heavy (non-hydrogen) atoms. The third kappa shape index (κ3) is 5.42. The van der Waals surface area contributed by atoms with Crippen molar-refractivity contribution in [1.29, 1.82) is 0 Å². The number of carbonyl (C=O) groups excluding carboxylic acids is 1. The molecule has 1 rings (SSSR count). The Morgan fingerprint density at radius 3 is 2.48 bits per heavy atom. The highest BCUT2D eigenvalue weighted by atomic mass is 79.9. The van der Waals surface area contributed by atoms with Crippen molar-refractivity contribution in [3.8, 4) is 0 Å². The Balaban J connectivity index is 2.69. The van der Waals surface area contributed by atoms with Crippen LogP contribution in [-0.2, 0) is 9.59 Å². The van der Waals surface area contributed by atoms with Crippen molar-refractivity contribution in [3.63, 3.8) is 0 Å². The average Bonchev–Trinajstić information content (AvgIpc) is 2.40. The van der Waals surface area contributed by atoms with E-state index in [1.165, 1.54) is 12.1 Å². The number of amides is 1. The van der Waals surface area contributed by atoms with E-state index in [1.807, 2.05) is 0 Å². The monoisotopic (exact) mass is 358 g/mol. The molecule has 0 saturated carbocycles. The molecule has 0 fully saturated rings. The number of hydrogen-bond donors (Lipinski definition) is 4. The molecular formula is C13H15BrN2O5. The lowest BCUT2D eigenvalue weighted by Gasteiger charge is -2.14. The van der Waals surface area contributed by atoms with Crippen LogP contribution < -0.4 is 11.1 Å². The van der Waals surface area contributed by atoms with Crippen LogP contribution in [0.25, 0.3) is 0 Å². The van der Waals surface area contributed by atoms with E-state index in [-0.39, 0.29) is 24.8 Å². The molecule has 1 atom stereocenters. The predicted molar refractivity (Wildman–Crippen MR) is 78.9 cm³/mol. The molecule has 0 unspecified atom stereocenters. The topological polar surface area (TPSA) is 130 Å². The number of nitrogens with two attached hydrogens (primary N) is 1. The molecule has 0 aliphatic heterocycles. The maximum atomic E-state index is 12.0. The Hall–Kier alpha value is -2.09. The second-order valence-electron chi connectivity index (χ2n) is 4.39. The van der Waals surface area contributed by atoms with Crippen molar-refractivity contribution in [1.82, 2.24) is 5.32 Å².